The Hall–Kier alpha value is -3.94. The molecule has 0 unspecified atom stereocenters. The maximum absolute atomic E-state index is 11.9. The first-order valence-electron chi connectivity index (χ1n) is 8.79. The summed E-state index contributed by atoms with van der Waals surface area (Å²) in [6, 6.07) is 15.2. The highest BCUT2D eigenvalue weighted by molar-refractivity contribution is 5.82. The second kappa shape index (κ2) is 8.83. The van der Waals surface area contributed by atoms with Crippen LogP contribution >= 0.6 is 0 Å². The number of hydrazone groups is 1. The SMILES string of the molecule is Cc1cc(C)cc(OCC(=O)N/N=C/c2ccc(-c3ccccc3[N+](=O)[O-])o2)c1. The topological polar surface area (TPSA) is 107 Å². The fraction of sp³-hybridized carbons (Fsp3) is 0.143. The van der Waals surface area contributed by atoms with E-state index in [2.05, 4.69) is 10.5 Å². The maximum atomic E-state index is 11.9. The molecule has 0 bridgehead atoms. The van der Waals surface area contributed by atoms with E-state index in [-0.39, 0.29) is 12.3 Å². The summed E-state index contributed by atoms with van der Waals surface area (Å²) in [7, 11) is 0. The number of nitrogens with zero attached hydrogens (tertiary/aromatic N) is 2. The highest BCUT2D eigenvalue weighted by Gasteiger charge is 2.16. The Bertz CT molecular complexity index is 1050. The predicted molar refractivity (Wildman–Crippen MR) is 108 cm³/mol. The third kappa shape index (κ3) is 5.29. The Morgan fingerprint density at radius 2 is 1.90 bits per heavy atom. The van der Waals surface area contributed by atoms with Crippen molar-refractivity contribution in [3.8, 4) is 17.1 Å². The summed E-state index contributed by atoms with van der Waals surface area (Å²) in [6.45, 7) is 3.72. The Balaban J connectivity index is 1.57. The summed E-state index contributed by atoms with van der Waals surface area (Å²) < 4.78 is 11.0. The van der Waals surface area contributed by atoms with Gasteiger partial charge in [-0.25, -0.2) is 5.43 Å². The van der Waals surface area contributed by atoms with Crippen LogP contribution in [0.15, 0.2) is 64.1 Å². The molecule has 0 saturated heterocycles. The van der Waals surface area contributed by atoms with E-state index in [1.807, 2.05) is 32.0 Å². The molecule has 1 N–H and O–H groups in total. The smallest absolute Gasteiger partial charge is 0.280 e. The lowest BCUT2D eigenvalue weighted by Crippen LogP contribution is -2.24. The van der Waals surface area contributed by atoms with Crippen molar-refractivity contribution in [2.45, 2.75) is 13.8 Å². The number of para-hydroxylation sites is 1. The normalized spacial score (nSPS) is 10.8. The van der Waals surface area contributed by atoms with Crippen LogP contribution in [0.25, 0.3) is 11.3 Å². The summed E-state index contributed by atoms with van der Waals surface area (Å²) in [5, 5.41) is 14.9. The molecule has 0 aliphatic rings. The lowest BCUT2D eigenvalue weighted by Gasteiger charge is -2.07. The maximum Gasteiger partial charge on any atom is 0.280 e. The van der Waals surface area contributed by atoms with Crippen LogP contribution in [0.4, 0.5) is 5.69 Å². The van der Waals surface area contributed by atoms with Crippen LogP contribution in [-0.4, -0.2) is 23.7 Å². The largest absolute Gasteiger partial charge is 0.484 e. The molecule has 8 heteroatoms. The summed E-state index contributed by atoms with van der Waals surface area (Å²) in [5.41, 5.74) is 4.75. The van der Waals surface area contributed by atoms with Gasteiger partial charge in [-0.05, 0) is 55.3 Å². The molecule has 1 aromatic heterocycles. The number of carbonyl (C=O) groups is 1. The van der Waals surface area contributed by atoms with Crippen molar-refractivity contribution in [2.75, 3.05) is 6.61 Å². The first-order valence-corrected chi connectivity index (χ1v) is 8.79. The van der Waals surface area contributed by atoms with Gasteiger partial charge in [0.1, 0.15) is 17.3 Å². The molecule has 29 heavy (non-hydrogen) atoms. The first kappa shape index (κ1) is 19.8. The van der Waals surface area contributed by atoms with Gasteiger partial charge in [0.05, 0.1) is 16.7 Å². The lowest BCUT2D eigenvalue weighted by molar-refractivity contribution is -0.384. The summed E-state index contributed by atoms with van der Waals surface area (Å²) >= 11 is 0. The molecule has 3 aromatic rings. The molecule has 0 radical (unpaired) electrons. The van der Waals surface area contributed by atoms with Gasteiger partial charge in [-0.1, -0.05) is 18.2 Å². The Morgan fingerprint density at radius 3 is 2.62 bits per heavy atom. The fourth-order valence-electron chi connectivity index (χ4n) is 2.77. The number of hydrogen-bond acceptors (Lipinski definition) is 6. The molecule has 0 atom stereocenters. The van der Waals surface area contributed by atoms with Crippen molar-refractivity contribution < 1.29 is 18.9 Å². The van der Waals surface area contributed by atoms with Gasteiger partial charge in [-0.15, -0.1) is 0 Å². The lowest BCUT2D eigenvalue weighted by atomic mass is 10.1. The molecule has 1 heterocycles. The molecule has 0 fully saturated rings. The van der Waals surface area contributed by atoms with E-state index in [1.165, 1.54) is 12.3 Å². The summed E-state index contributed by atoms with van der Waals surface area (Å²) in [6.07, 6.45) is 1.31. The van der Waals surface area contributed by atoms with E-state index in [0.717, 1.165) is 11.1 Å². The molecule has 0 spiro atoms. The molecular weight excluding hydrogens is 374 g/mol. The third-order valence-corrected chi connectivity index (χ3v) is 3.94. The number of rotatable bonds is 7. The van der Waals surface area contributed by atoms with Crippen LogP contribution in [0.2, 0.25) is 0 Å². The number of furan rings is 1. The molecular formula is C21H19N3O5. The molecule has 8 nitrogen and oxygen atoms in total. The van der Waals surface area contributed by atoms with E-state index in [9.17, 15) is 14.9 Å². The van der Waals surface area contributed by atoms with Crippen molar-refractivity contribution in [3.05, 3.63) is 81.6 Å². The predicted octanol–water partition coefficient (Wildman–Crippen LogP) is 4.00. The number of nitro groups is 1. The fourth-order valence-corrected chi connectivity index (χ4v) is 2.77. The number of carbonyl (C=O) groups excluding carboxylic acids is 1. The van der Waals surface area contributed by atoms with Crippen LogP contribution < -0.4 is 10.2 Å². The van der Waals surface area contributed by atoms with Gasteiger partial charge < -0.3 is 9.15 Å². The number of ether oxygens (including phenoxy) is 1. The molecule has 148 valence electrons. The minimum absolute atomic E-state index is 0.0535. The van der Waals surface area contributed by atoms with Gasteiger partial charge in [0.15, 0.2) is 6.61 Å². The number of hydrogen-bond donors (Lipinski definition) is 1. The number of nitrogens with one attached hydrogen (secondary N) is 1. The van der Waals surface area contributed by atoms with Crippen molar-refractivity contribution in [3.63, 3.8) is 0 Å². The van der Waals surface area contributed by atoms with Gasteiger partial charge in [-0.3, -0.25) is 14.9 Å². The van der Waals surface area contributed by atoms with Crippen molar-refractivity contribution >= 4 is 17.8 Å². The van der Waals surface area contributed by atoms with Crippen molar-refractivity contribution in [2.24, 2.45) is 5.10 Å². The molecule has 0 saturated carbocycles. The van der Waals surface area contributed by atoms with E-state index in [4.69, 9.17) is 9.15 Å². The van der Waals surface area contributed by atoms with E-state index in [0.29, 0.717) is 22.8 Å². The Morgan fingerprint density at radius 1 is 1.17 bits per heavy atom. The molecule has 0 aliphatic carbocycles. The van der Waals surface area contributed by atoms with Crippen LogP contribution in [-0.2, 0) is 4.79 Å². The summed E-state index contributed by atoms with van der Waals surface area (Å²) in [4.78, 5) is 22.5. The first-order chi connectivity index (χ1) is 13.9. The standard InChI is InChI=1S/C21H19N3O5/c1-14-9-15(2)11-17(10-14)28-13-21(25)23-22-12-16-7-8-20(29-16)18-5-3-4-6-19(18)24(26)27/h3-12H,13H2,1-2H3,(H,23,25)/b22-12+. The van der Waals surface area contributed by atoms with Gasteiger partial charge >= 0.3 is 0 Å². The Labute approximate surface area is 167 Å². The Kier molecular flexibility index (Phi) is 6.03. The number of benzene rings is 2. The highest BCUT2D eigenvalue weighted by atomic mass is 16.6. The van der Waals surface area contributed by atoms with Crippen LogP contribution in [0.3, 0.4) is 0 Å². The average molecular weight is 393 g/mol. The number of nitro benzene ring substituents is 1. The monoisotopic (exact) mass is 393 g/mol. The minimum Gasteiger partial charge on any atom is -0.484 e. The van der Waals surface area contributed by atoms with Gasteiger partial charge in [0, 0.05) is 6.07 Å². The van der Waals surface area contributed by atoms with Crippen molar-refractivity contribution in [1.29, 1.82) is 0 Å². The second-order valence-electron chi connectivity index (χ2n) is 6.38. The van der Waals surface area contributed by atoms with Crippen LogP contribution in [0.5, 0.6) is 5.75 Å². The molecule has 1 amide bonds. The van der Waals surface area contributed by atoms with Crippen LogP contribution in [0, 0.1) is 24.0 Å². The highest BCUT2D eigenvalue weighted by Crippen LogP contribution is 2.30. The zero-order valence-electron chi connectivity index (χ0n) is 15.9. The van der Waals surface area contributed by atoms with E-state index < -0.39 is 10.8 Å². The van der Waals surface area contributed by atoms with Gasteiger partial charge in [-0.2, -0.15) is 5.10 Å². The van der Waals surface area contributed by atoms with Gasteiger partial charge in [0.2, 0.25) is 0 Å². The zero-order valence-corrected chi connectivity index (χ0v) is 15.9. The molecule has 2 aromatic carbocycles. The summed E-state index contributed by atoms with van der Waals surface area (Å²) in [5.74, 6) is 0.865. The molecule has 3 rings (SSSR count). The zero-order chi connectivity index (χ0) is 20.8. The van der Waals surface area contributed by atoms with E-state index in [1.54, 1.807) is 30.3 Å². The number of amides is 1. The third-order valence-electron chi connectivity index (χ3n) is 3.94. The second-order valence-corrected chi connectivity index (χ2v) is 6.38. The van der Waals surface area contributed by atoms with Gasteiger partial charge in [0.25, 0.3) is 11.6 Å². The van der Waals surface area contributed by atoms with Crippen LogP contribution in [0.1, 0.15) is 16.9 Å². The number of aryl methyl sites for hydroxylation is 2. The molecule has 0 aliphatic heterocycles. The van der Waals surface area contributed by atoms with E-state index >= 15 is 0 Å². The minimum atomic E-state index is -0.471. The quantitative estimate of drug-likeness (QED) is 0.371. The average Bonchev–Trinajstić information content (AvgIpc) is 3.14. The van der Waals surface area contributed by atoms with Crippen molar-refractivity contribution in [1.82, 2.24) is 5.43 Å².